The Bertz CT molecular complexity index is 181. The zero-order chi connectivity index (χ0) is 8.44. The lowest BCUT2D eigenvalue weighted by atomic mass is 9.75. The topological polar surface area (TPSA) is 35.8 Å². The molecule has 2 aliphatic heterocycles. The fourth-order valence-corrected chi connectivity index (χ4v) is 2.60. The van der Waals surface area contributed by atoms with Crippen molar-refractivity contribution in [3.05, 3.63) is 0 Å². The SMILES string of the molecule is ON=CC12CCCN(CCC1)C2. The van der Waals surface area contributed by atoms with Crippen molar-refractivity contribution in [2.75, 3.05) is 19.6 Å². The lowest BCUT2D eigenvalue weighted by Gasteiger charge is -2.44. The number of fused-ring (bicyclic) bond motifs is 2. The van der Waals surface area contributed by atoms with Crippen molar-refractivity contribution in [3.8, 4) is 0 Å². The fourth-order valence-electron chi connectivity index (χ4n) is 2.60. The van der Waals surface area contributed by atoms with Crippen molar-refractivity contribution in [3.63, 3.8) is 0 Å². The van der Waals surface area contributed by atoms with Crippen LogP contribution in [0.3, 0.4) is 0 Å². The Morgan fingerprint density at radius 1 is 1.25 bits per heavy atom. The van der Waals surface area contributed by atoms with Crippen molar-refractivity contribution in [2.24, 2.45) is 10.6 Å². The molecule has 2 fully saturated rings. The third-order valence-corrected chi connectivity index (χ3v) is 3.17. The molecule has 3 nitrogen and oxygen atoms in total. The van der Waals surface area contributed by atoms with Crippen LogP contribution in [-0.2, 0) is 0 Å². The summed E-state index contributed by atoms with van der Waals surface area (Å²) in [6, 6.07) is 0. The van der Waals surface area contributed by atoms with Gasteiger partial charge in [-0.2, -0.15) is 0 Å². The number of hydrogen-bond acceptors (Lipinski definition) is 3. The quantitative estimate of drug-likeness (QED) is 0.364. The molecule has 0 atom stereocenters. The Balaban J connectivity index is 2.11. The molecule has 2 heterocycles. The van der Waals surface area contributed by atoms with E-state index in [9.17, 15) is 0 Å². The molecule has 0 aromatic heterocycles. The molecule has 2 aliphatic rings. The fraction of sp³-hybridized carbons (Fsp3) is 0.889. The number of hydrogen-bond donors (Lipinski definition) is 1. The van der Waals surface area contributed by atoms with Crippen LogP contribution in [0, 0.1) is 5.41 Å². The molecule has 0 unspecified atom stereocenters. The summed E-state index contributed by atoms with van der Waals surface area (Å²) in [5, 5.41) is 11.8. The highest BCUT2D eigenvalue weighted by atomic mass is 16.4. The summed E-state index contributed by atoms with van der Waals surface area (Å²) in [6.07, 6.45) is 6.68. The van der Waals surface area contributed by atoms with Crippen LogP contribution in [0.25, 0.3) is 0 Å². The number of oxime groups is 1. The molecular weight excluding hydrogens is 152 g/mol. The van der Waals surface area contributed by atoms with Gasteiger partial charge in [0.15, 0.2) is 0 Å². The Hall–Kier alpha value is -0.570. The molecule has 0 aromatic carbocycles. The summed E-state index contributed by atoms with van der Waals surface area (Å²) in [4.78, 5) is 2.48. The van der Waals surface area contributed by atoms with Gasteiger partial charge in [0.2, 0.25) is 0 Å². The first kappa shape index (κ1) is 8.05. The Kier molecular flexibility index (Phi) is 2.05. The van der Waals surface area contributed by atoms with Crippen LogP contribution < -0.4 is 0 Å². The number of nitrogens with zero attached hydrogens (tertiary/aromatic N) is 2. The van der Waals surface area contributed by atoms with Crippen LogP contribution >= 0.6 is 0 Å². The van der Waals surface area contributed by atoms with Crippen LogP contribution in [0.15, 0.2) is 5.16 Å². The molecule has 0 amide bonds. The van der Waals surface area contributed by atoms with Crippen molar-refractivity contribution in [1.29, 1.82) is 0 Å². The summed E-state index contributed by atoms with van der Waals surface area (Å²) in [5.74, 6) is 0. The maximum Gasteiger partial charge on any atom is 0.0510 e. The largest absolute Gasteiger partial charge is 0.411 e. The van der Waals surface area contributed by atoms with E-state index in [0.29, 0.717) is 0 Å². The first-order valence-electron chi connectivity index (χ1n) is 4.76. The smallest absolute Gasteiger partial charge is 0.0510 e. The van der Waals surface area contributed by atoms with Gasteiger partial charge in [0.1, 0.15) is 0 Å². The van der Waals surface area contributed by atoms with Gasteiger partial charge in [-0.25, -0.2) is 0 Å². The van der Waals surface area contributed by atoms with Gasteiger partial charge in [-0.15, -0.1) is 5.16 Å². The molecular formula is C9H16N2O. The van der Waals surface area contributed by atoms with Gasteiger partial charge in [0.25, 0.3) is 0 Å². The highest BCUT2D eigenvalue weighted by molar-refractivity contribution is 5.65. The van der Waals surface area contributed by atoms with Gasteiger partial charge in [-0.05, 0) is 38.8 Å². The third-order valence-electron chi connectivity index (χ3n) is 3.17. The highest BCUT2D eigenvalue weighted by Crippen LogP contribution is 2.36. The van der Waals surface area contributed by atoms with Crippen LogP contribution in [0.5, 0.6) is 0 Å². The van der Waals surface area contributed by atoms with Crippen molar-refractivity contribution >= 4 is 6.21 Å². The number of rotatable bonds is 1. The molecule has 0 radical (unpaired) electrons. The first-order valence-corrected chi connectivity index (χ1v) is 4.76. The van der Waals surface area contributed by atoms with Crippen molar-refractivity contribution in [1.82, 2.24) is 4.90 Å². The monoisotopic (exact) mass is 168 g/mol. The molecule has 2 saturated heterocycles. The first-order chi connectivity index (χ1) is 5.85. The molecule has 3 heteroatoms. The van der Waals surface area contributed by atoms with E-state index in [1.807, 2.05) is 0 Å². The minimum absolute atomic E-state index is 0.214. The summed E-state index contributed by atoms with van der Waals surface area (Å²) in [6.45, 7) is 3.58. The van der Waals surface area contributed by atoms with E-state index in [4.69, 9.17) is 5.21 Å². The molecule has 2 bridgehead atoms. The second-order valence-electron chi connectivity index (χ2n) is 4.09. The Morgan fingerprint density at radius 2 is 1.92 bits per heavy atom. The summed E-state index contributed by atoms with van der Waals surface area (Å²) in [5.41, 5.74) is 0.214. The van der Waals surface area contributed by atoms with Gasteiger partial charge >= 0.3 is 0 Å². The van der Waals surface area contributed by atoms with Crippen LogP contribution in [0.1, 0.15) is 25.7 Å². The molecule has 2 rings (SSSR count). The highest BCUT2D eigenvalue weighted by Gasteiger charge is 2.36. The average molecular weight is 168 g/mol. The van der Waals surface area contributed by atoms with E-state index in [2.05, 4.69) is 10.1 Å². The number of piperidine rings is 2. The predicted molar refractivity (Wildman–Crippen MR) is 47.6 cm³/mol. The Labute approximate surface area is 73.1 Å². The van der Waals surface area contributed by atoms with Gasteiger partial charge in [-0.1, -0.05) is 0 Å². The standard InChI is InChI=1S/C9H16N2O/c12-10-7-9-3-1-5-11(8-9)6-2-4-9/h7,12H,1-6,8H2. The molecule has 0 aromatic rings. The molecule has 0 spiro atoms. The van der Waals surface area contributed by atoms with E-state index in [1.165, 1.54) is 38.8 Å². The molecule has 1 N–H and O–H groups in total. The van der Waals surface area contributed by atoms with E-state index in [1.54, 1.807) is 6.21 Å². The second kappa shape index (κ2) is 3.05. The zero-order valence-electron chi connectivity index (χ0n) is 7.37. The maximum absolute atomic E-state index is 8.58. The van der Waals surface area contributed by atoms with E-state index in [-0.39, 0.29) is 5.41 Å². The van der Waals surface area contributed by atoms with Crippen molar-refractivity contribution in [2.45, 2.75) is 25.7 Å². The molecule has 68 valence electrons. The average Bonchev–Trinajstić information content (AvgIpc) is 2.04. The van der Waals surface area contributed by atoms with Crippen LogP contribution in [0.4, 0.5) is 0 Å². The summed E-state index contributed by atoms with van der Waals surface area (Å²) >= 11 is 0. The van der Waals surface area contributed by atoms with Gasteiger partial charge in [-0.3, -0.25) is 0 Å². The lowest BCUT2D eigenvalue weighted by molar-refractivity contribution is 0.0883. The maximum atomic E-state index is 8.58. The van der Waals surface area contributed by atoms with Gasteiger partial charge in [0.05, 0.1) is 6.21 Å². The molecule has 12 heavy (non-hydrogen) atoms. The van der Waals surface area contributed by atoms with Gasteiger partial charge in [0, 0.05) is 12.0 Å². The van der Waals surface area contributed by atoms with E-state index < -0.39 is 0 Å². The Morgan fingerprint density at radius 3 is 2.50 bits per heavy atom. The summed E-state index contributed by atoms with van der Waals surface area (Å²) < 4.78 is 0. The van der Waals surface area contributed by atoms with Gasteiger partial charge < -0.3 is 10.1 Å². The third kappa shape index (κ3) is 1.33. The normalized spacial score (nSPS) is 41.8. The van der Waals surface area contributed by atoms with Crippen molar-refractivity contribution < 1.29 is 5.21 Å². The molecule has 0 saturated carbocycles. The predicted octanol–water partition coefficient (Wildman–Crippen LogP) is 1.32. The summed E-state index contributed by atoms with van der Waals surface area (Å²) in [7, 11) is 0. The van der Waals surface area contributed by atoms with Crippen LogP contribution in [-0.4, -0.2) is 36.0 Å². The van der Waals surface area contributed by atoms with E-state index in [0.717, 1.165) is 6.54 Å². The van der Waals surface area contributed by atoms with E-state index >= 15 is 0 Å². The van der Waals surface area contributed by atoms with Crippen LogP contribution in [0.2, 0.25) is 0 Å². The zero-order valence-corrected chi connectivity index (χ0v) is 7.37. The second-order valence-corrected chi connectivity index (χ2v) is 4.09. The minimum Gasteiger partial charge on any atom is -0.411 e. The minimum atomic E-state index is 0.214. The lowest BCUT2D eigenvalue weighted by Crippen LogP contribution is -2.48. The molecule has 0 aliphatic carbocycles.